The molecule has 0 aliphatic rings. The molecule has 0 fully saturated rings. The monoisotopic (exact) mass is 538 g/mol. The Morgan fingerprint density at radius 3 is 2.32 bits per heavy atom. The molecule has 2 rings (SSSR count). The lowest BCUT2D eigenvalue weighted by molar-refractivity contribution is -0.173. The number of carbonyl (C=O) groups is 4. The predicted octanol–water partition coefficient (Wildman–Crippen LogP) is 2.75. The van der Waals surface area contributed by atoms with E-state index in [1.165, 1.54) is 18.2 Å². The van der Waals surface area contributed by atoms with E-state index in [1.807, 2.05) is 0 Å². The fraction of sp³-hybridized carbons (Fsp3) is 0.360. The van der Waals surface area contributed by atoms with Gasteiger partial charge in [-0.15, -0.1) is 0 Å². The van der Waals surface area contributed by atoms with Crippen molar-refractivity contribution in [1.82, 2.24) is 10.4 Å². The topological polar surface area (TPSA) is 131 Å². The van der Waals surface area contributed by atoms with E-state index in [1.54, 1.807) is 45.0 Å². The maximum absolute atomic E-state index is 14.2. The molecule has 0 saturated heterocycles. The Morgan fingerprint density at radius 1 is 1.08 bits per heavy atom. The Kier molecular flexibility index (Phi) is 10.5. The highest BCUT2D eigenvalue weighted by molar-refractivity contribution is 6.32. The molecule has 0 heterocycles. The van der Waals surface area contributed by atoms with Crippen LogP contribution in [0.25, 0.3) is 11.1 Å². The van der Waals surface area contributed by atoms with Gasteiger partial charge in [0, 0.05) is 24.1 Å². The molecular weight excluding hydrogens is 511 g/mol. The number of amides is 1. The van der Waals surface area contributed by atoms with E-state index >= 15 is 0 Å². The van der Waals surface area contributed by atoms with Crippen LogP contribution in [0.15, 0.2) is 42.5 Å². The third-order valence-corrected chi connectivity index (χ3v) is 4.77. The summed E-state index contributed by atoms with van der Waals surface area (Å²) in [6, 6.07) is 10.7. The molecule has 12 heteroatoms. The number of aliphatic hydroxyl groups excluding tert-OH is 1. The molecule has 1 amide bonds. The molecule has 2 aromatic carbocycles. The minimum Gasteiger partial charge on any atom is -0.453 e. The molecule has 0 aromatic heterocycles. The van der Waals surface area contributed by atoms with Gasteiger partial charge >= 0.3 is 23.8 Å². The Hall–Kier alpha value is -3.54. The van der Waals surface area contributed by atoms with Gasteiger partial charge in [-0.3, -0.25) is 15.0 Å². The van der Waals surface area contributed by atoms with Gasteiger partial charge in [-0.05, 0) is 50.1 Å². The molecule has 1 unspecified atom stereocenters. The maximum Gasteiger partial charge on any atom is 0.398 e. The summed E-state index contributed by atoms with van der Waals surface area (Å²) in [5.41, 5.74) is 2.79. The molecule has 1 atom stereocenters. The highest BCUT2D eigenvalue weighted by Gasteiger charge is 2.27. The molecule has 0 bridgehead atoms. The van der Waals surface area contributed by atoms with Gasteiger partial charge in [0.05, 0.1) is 6.54 Å². The SMILES string of the molecule is CC(=O)OCOC(=O)C(O)CN(Cc1ccc(-c2cc(Cl)ccc2F)cc1)NC(=O)C(=O)OC(C)(C)C. The average Bonchev–Trinajstić information content (AvgIpc) is 2.79. The minimum absolute atomic E-state index is 0.0683. The number of hydrazine groups is 1. The molecule has 0 aliphatic carbocycles. The standard InChI is InChI=1S/C25H28ClFN2O8/c1-15(30)35-14-36-23(33)21(31)13-29(28-22(32)24(34)37-25(2,3)4)12-16-5-7-17(8-6-16)19-11-18(26)9-10-20(19)27/h5-11,21,31H,12-14H2,1-4H3,(H,28,32). The van der Waals surface area contributed by atoms with Gasteiger partial charge in [0.25, 0.3) is 0 Å². The summed E-state index contributed by atoms with van der Waals surface area (Å²) in [5, 5.41) is 11.7. The van der Waals surface area contributed by atoms with Gasteiger partial charge in [-0.25, -0.2) is 19.0 Å². The molecule has 0 aliphatic heterocycles. The van der Waals surface area contributed by atoms with Gasteiger partial charge < -0.3 is 19.3 Å². The van der Waals surface area contributed by atoms with E-state index in [-0.39, 0.29) is 6.54 Å². The minimum atomic E-state index is -1.77. The fourth-order valence-corrected chi connectivity index (χ4v) is 3.11. The summed E-state index contributed by atoms with van der Waals surface area (Å²) in [4.78, 5) is 47.4. The van der Waals surface area contributed by atoms with Gasteiger partial charge in [-0.2, -0.15) is 0 Å². The average molecular weight is 539 g/mol. The number of esters is 3. The number of ether oxygens (including phenoxy) is 3. The first-order valence-electron chi connectivity index (χ1n) is 11.1. The Bertz CT molecular complexity index is 1130. The zero-order valence-electron chi connectivity index (χ0n) is 20.7. The summed E-state index contributed by atoms with van der Waals surface area (Å²) in [6.07, 6.45) is -1.77. The number of hydrogen-bond acceptors (Lipinski definition) is 9. The summed E-state index contributed by atoms with van der Waals surface area (Å²) in [5.74, 6) is -4.57. The van der Waals surface area contributed by atoms with E-state index < -0.39 is 54.7 Å². The zero-order chi connectivity index (χ0) is 27.8. The first-order valence-corrected chi connectivity index (χ1v) is 11.4. The number of rotatable bonds is 9. The number of nitrogens with zero attached hydrogens (tertiary/aromatic N) is 1. The van der Waals surface area contributed by atoms with Gasteiger partial charge in [0.1, 0.15) is 11.4 Å². The van der Waals surface area contributed by atoms with Gasteiger partial charge in [-0.1, -0.05) is 35.9 Å². The number of hydrogen-bond donors (Lipinski definition) is 2. The van der Waals surface area contributed by atoms with Crippen molar-refractivity contribution >= 4 is 35.4 Å². The van der Waals surface area contributed by atoms with Crippen molar-refractivity contribution in [3.63, 3.8) is 0 Å². The first-order chi connectivity index (χ1) is 17.2. The molecule has 0 radical (unpaired) electrons. The van der Waals surface area contributed by atoms with E-state index in [9.17, 15) is 28.7 Å². The molecule has 0 saturated carbocycles. The molecule has 2 N–H and O–H groups in total. The van der Waals surface area contributed by atoms with Crippen molar-refractivity contribution in [3.05, 3.63) is 58.9 Å². The quantitative estimate of drug-likeness (QED) is 0.214. The zero-order valence-corrected chi connectivity index (χ0v) is 21.5. The van der Waals surface area contributed by atoms with Crippen molar-refractivity contribution in [2.75, 3.05) is 13.3 Å². The lowest BCUT2D eigenvalue weighted by Gasteiger charge is -2.26. The van der Waals surface area contributed by atoms with Crippen LogP contribution in [-0.4, -0.2) is 59.0 Å². The molecular formula is C25H28ClFN2O8. The Morgan fingerprint density at radius 2 is 1.73 bits per heavy atom. The van der Waals surface area contributed by atoms with E-state index in [2.05, 4.69) is 14.9 Å². The summed E-state index contributed by atoms with van der Waals surface area (Å²) in [6.45, 7) is 4.62. The van der Waals surface area contributed by atoms with Crippen molar-refractivity contribution in [3.8, 4) is 11.1 Å². The van der Waals surface area contributed by atoms with Crippen LogP contribution in [-0.2, 0) is 39.9 Å². The van der Waals surface area contributed by atoms with Crippen LogP contribution < -0.4 is 5.43 Å². The number of benzene rings is 2. The fourth-order valence-electron chi connectivity index (χ4n) is 2.94. The van der Waals surface area contributed by atoms with E-state index in [0.717, 1.165) is 11.9 Å². The second-order valence-electron chi connectivity index (χ2n) is 8.88. The highest BCUT2D eigenvalue weighted by Crippen LogP contribution is 2.26. The van der Waals surface area contributed by atoms with Crippen LogP contribution >= 0.6 is 11.6 Å². The van der Waals surface area contributed by atoms with Crippen LogP contribution in [0.5, 0.6) is 0 Å². The van der Waals surface area contributed by atoms with Gasteiger partial charge in [0.15, 0.2) is 6.10 Å². The van der Waals surface area contributed by atoms with E-state index in [0.29, 0.717) is 21.7 Å². The lowest BCUT2D eigenvalue weighted by atomic mass is 10.0. The largest absolute Gasteiger partial charge is 0.453 e. The van der Waals surface area contributed by atoms with Crippen molar-refractivity contribution in [2.24, 2.45) is 0 Å². The molecule has 200 valence electrons. The van der Waals surface area contributed by atoms with E-state index in [4.69, 9.17) is 16.3 Å². The normalized spacial score (nSPS) is 12.0. The number of aliphatic hydroxyl groups is 1. The summed E-state index contributed by atoms with van der Waals surface area (Å²) < 4.78 is 28.4. The smallest absolute Gasteiger partial charge is 0.398 e. The summed E-state index contributed by atoms with van der Waals surface area (Å²) in [7, 11) is 0. The molecule has 2 aromatic rings. The summed E-state index contributed by atoms with van der Waals surface area (Å²) >= 11 is 5.96. The third kappa shape index (κ3) is 10.2. The second-order valence-corrected chi connectivity index (χ2v) is 9.31. The van der Waals surface area contributed by atoms with Crippen molar-refractivity contribution in [2.45, 2.75) is 45.9 Å². The highest BCUT2D eigenvalue weighted by atomic mass is 35.5. The van der Waals surface area contributed by atoms with Crippen LogP contribution in [0, 0.1) is 5.82 Å². The van der Waals surface area contributed by atoms with Crippen LogP contribution in [0.2, 0.25) is 5.02 Å². The number of halogens is 2. The first kappa shape index (κ1) is 29.7. The van der Waals surface area contributed by atoms with Gasteiger partial charge in [0.2, 0.25) is 6.79 Å². The lowest BCUT2D eigenvalue weighted by Crippen LogP contribution is -2.50. The Balaban J connectivity index is 2.17. The molecule has 37 heavy (non-hydrogen) atoms. The third-order valence-electron chi connectivity index (χ3n) is 4.54. The van der Waals surface area contributed by atoms with Crippen molar-refractivity contribution in [1.29, 1.82) is 0 Å². The van der Waals surface area contributed by atoms with Crippen molar-refractivity contribution < 1.29 is 42.9 Å². The van der Waals surface area contributed by atoms with Crippen LogP contribution in [0.4, 0.5) is 4.39 Å². The van der Waals surface area contributed by atoms with Crippen LogP contribution in [0.1, 0.15) is 33.3 Å². The number of nitrogens with one attached hydrogen (secondary N) is 1. The number of carbonyl (C=O) groups excluding carboxylic acids is 4. The molecule has 10 nitrogen and oxygen atoms in total. The Labute approximate surface area is 218 Å². The molecule has 0 spiro atoms. The van der Waals surface area contributed by atoms with Crippen LogP contribution in [0.3, 0.4) is 0 Å². The second kappa shape index (κ2) is 13.1. The predicted molar refractivity (Wildman–Crippen MR) is 130 cm³/mol. The maximum atomic E-state index is 14.2.